The van der Waals surface area contributed by atoms with E-state index < -0.39 is 6.10 Å². The average Bonchev–Trinajstić information content (AvgIpc) is 2.46. The van der Waals surface area contributed by atoms with Crippen LogP contribution in [0.3, 0.4) is 0 Å². The van der Waals surface area contributed by atoms with E-state index in [0.717, 1.165) is 23.5 Å². The summed E-state index contributed by atoms with van der Waals surface area (Å²) in [6.07, 6.45) is 2.26. The molecular formula is C16H20N2O. The van der Waals surface area contributed by atoms with Crippen LogP contribution in [-0.2, 0) is 6.42 Å². The minimum atomic E-state index is -0.527. The SMILES string of the molecule is CCc1ccc(N(C)c2ncccc2[C@H](C)O)cc1. The fourth-order valence-corrected chi connectivity index (χ4v) is 2.09. The number of nitrogens with zero attached hydrogens (tertiary/aromatic N) is 2. The first-order valence-corrected chi connectivity index (χ1v) is 6.59. The van der Waals surface area contributed by atoms with E-state index in [1.165, 1.54) is 5.56 Å². The molecule has 1 aromatic carbocycles. The minimum Gasteiger partial charge on any atom is -0.389 e. The molecular weight excluding hydrogens is 236 g/mol. The van der Waals surface area contributed by atoms with Gasteiger partial charge in [0, 0.05) is 24.5 Å². The zero-order valence-electron chi connectivity index (χ0n) is 11.7. The van der Waals surface area contributed by atoms with Gasteiger partial charge in [-0.3, -0.25) is 0 Å². The van der Waals surface area contributed by atoms with Crippen molar-refractivity contribution in [1.82, 2.24) is 4.98 Å². The second-order valence-corrected chi connectivity index (χ2v) is 4.67. The maximum atomic E-state index is 9.82. The molecule has 0 aliphatic rings. The summed E-state index contributed by atoms with van der Waals surface area (Å²) < 4.78 is 0. The quantitative estimate of drug-likeness (QED) is 0.910. The zero-order valence-corrected chi connectivity index (χ0v) is 11.7. The van der Waals surface area contributed by atoms with Gasteiger partial charge in [0.2, 0.25) is 0 Å². The Morgan fingerprint density at radius 2 is 1.89 bits per heavy atom. The number of hydrogen-bond acceptors (Lipinski definition) is 3. The Hall–Kier alpha value is -1.87. The van der Waals surface area contributed by atoms with Gasteiger partial charge in [-0.25, -0.2) is 4.98 Å². The van der Waals surface area contributed by atoms with Crippen LogP contribution in [0, 0.1) is 0 Å². The second kappa shape index (κ2) is 5.85. The van der Waals surface area contributed by atoms with Crippen molar-refractivity contribution in [3.05, 3.63) is 53.7 Å². The summed E-state index contributed by atoms with van der Waals surface area (Å²) in [6, 6.07) is 12.2. The number of aliphatic hydroxyl groups excluding tert-OH is 1. The Bertz CT molecular complexity index is 535. The van der Waals surface area contributed by atoms with E-state index in [0.29, 0.717) is 0 Å². The third kappa shape index (κ3) is 2.93. The molecule has 0 unspecified atom stereocenters. The van der Waals surface area contributed by atoms with E-state index in [9.17, 15) is 5.11 Å². The number of aryl methyl sites for hydroxylation is 1. The van der Waals surface area contributed by atoms with E-state index in [-0.39, 0.29) is 0 Å². The van der Waals surface area contributed by atoms with Crippen molar-refractivity contribution in [1.29, 1.82) is 0 Å². The molecule has 0 fully saturated rings. The Kier molecular flexibility index (Phi) is 4.17. The number of aliphatic hydroxyl groups is 1. The van der Waals surface area contributed by atoms with Crippen molar-refractivity contribution in [2.45, 2.75) is 26.4 Å². The summed E-state index contributed by atoms with van der Waals surface area (Å²) in [5.74, 6) is 0.793. The van der Waals surface area contributed by atoms with Crippen molar-refractivity contribution in [2.24, 2.45) is 0 Å². The Morgan fingerprint density at radius 3 is 2.47 bits per heavy atom. The molecule has 0 bridgehead atoms. The molecule has 1 heterocycles. The van der Waals surface area contributed by atoms with E-state index in [4.69, 9.17) is 0 Å². The van der Waals surface area contributed by atoms with Crippen LogP contribution >= 0.6 is 0 Å². The summed E-state index contributed by atoms with van der Waals surface area (Å²) in [6.45, 7) is 3.90. The van der Waals surface area contributed by atoms with Crippen LogP contribution in [-0.4, -0.2) is 17.1 Å². The first-order chi connectivity index (χ1) is 9.13. The van der Waals surface area contributed by atoms with Gasteiger partial charge in [0.25, 0.3) is 0 Å². The van der Waals surface area contributed by atoms with E-state index in [1.54, 1.807) is 13.1 Å². The number of hydrogen-bond donors (Lipinski definition) is 1. The van der Waals surface area contributed by atoms with Crippen molar-refractivity contribution in [2.75, 3.05) is 11.9 Å². The summed E-state index contributed by atoms with van der Waals surface area (Å²) in [5.41, 5.74) is 3.22. The molecule has 3 nitrogen and oxygen atoms in total. The van der Waals surface area contributed by atoms with E-state index >= 15 is 0 Å². The molecule has 100 valence electrons. The fraction of sp³-hybridized carbons (Fsp3) is 0.312. The number of aromatic nitrogens is 1. The first kappa shape index (κ1) is 13.6. The molecule has 0 radical (unpaired) electrons. The molecule has 0 saturated carbocycles. The molecule has 2 rings (SSSR count). The third-order valence-electron chi connectivity index (χ3n) is 3.32. The van der Waals surface area contributed by atoms with Gasteiger partial charge in [-0.2, -0.15) is 0 Å². The molecule has 0 aliphatic heterocycles. The average molecular weight is 256 g/mol. The van der Waals surface area contributed by atoms with Crippen LogP contribution in [0.2, 0.25) is 0 Å². The lowest BCUT2D eigenvalue weighted by molar-refractivity contribution is 0.199. The van der Waals surface area contributed by atoms with Gasteiger partial charge >= 0.3 is 0 Å². The third-order valence-corrected chi connectivity index (χ3v) is 3.32. The van der Waals surface area contributed by atoms with Crippen molar-refractivity contribution < 1.29 is 5.11 Å². The molecule has 2 aromatic rings. The molecule has 0 amide bonds. The highest BCUT2D eigenvalue weighted by Crippen LogP contribution is 2.28. The highest BCUT2D eigenvalue weighted by molar-refractivity contribution is 5.62. The lowest BCUT2D eigenvalue weighted by Gasteiger charge is -2.22. The van der Waals surface area contributed by atoms with Gasteiger partial charge in [-0.05, 0) is 37.1 Å². The number of rotatable bonds is 4. The molecule has 3 heteroatoms. The summed E-state index contributed by atoms with van der Waals surface area (Å²) >= 11 is 0. The Balaban J connectivity index is 2.35. The largest absolute Gasteiger partial charge is 0.389 e. The smallest absolute Gasteiger partial charge is 0.138 e. The Labute approximate surface area is 114 Å². The normalized spacial score (nSPS) is 12.2. The number of anilines is 2. The van der Waals surface area contributed by atoms with Gasteiger partial charge in [-0.1, -0.05) is 25.1 Å². The molecule has 1 aromatic heterocycles. The molecule has 0 spiro atoms. The first-order valence-electron chi connectivity index (χ1n) is 6.59. The van der Waals surface area contributed by atoms with Gasteiger partial charge in [0.1, 0.15) is 5.82 Å². The second-order valence-electron chi connectivity index (χ2n) is 4.67. The van der Waals surface area contributed by atoms with E-state index in [1.807, 2.05) is 24.1 Å². The molecule has 19 heavy (non-hydrogen) atoms. The van der Waals surface area contributed by atoms with Crippen LogP contribution in [0.1, 0.15) is 31.1 Å². The summed E-state index contributed by atoms with van der Waals surface area (Å²) in [5, 5.41) is 9.82. The van der Waals surface area contributed by atoms with Crippen LogP contribution in [0.25, 0.3) is 0 Å². The van der Waals surface area contributed by atoms with Gasteiger partial charge < -0.3 is 10.0 Å². The highest BCUT2D eigenvalue weighted by atomic mass is 16.3. The maximum absolute atomic E-state index is 9.82. The molecule has 1 N–H and O–H groups in total. The zero-order chi connectivity index (χ0) is 13.8. The van der Waals surface area contributed by atoms with Crippen LogP contribution < -0.4 is 4.90 Å². The van der Waals surface area contributed by atoms with Crippen molar-refractivity contribution in [3.63, 3.8) is 0 Å². The van der Waals surface area contributed by atoms with Crippen molar-refractivity contribution >= 4 is 11.5 Å². The monoisotopic (exact) mass is 256 g/mol. The van der Waals surface area contributed by atoms with Crippen LogP contribution in [0.4, 0.5) is 11.5 Å². The van der Waals surface area contributed by atoms with Crippen molar-refractivity contribution in [3.8, 4) is 0 Å². The minimum absolute atomic E-state index is 0.527. The Morgan fingerprint density at radius 1 is 1.21 bits per heavy atom. The summed E-state index contributed by atoms with van der Waals surface area (Å²) in [7, 11) is 1.97. The lowest BCUT2D eigenvalue weighted by atomic mass is 10.1. The predicted octanol–water partition coefficient (Wildman–Crippen LogP) is 3.47. The maximum Gasteiger partial charge on any atom is 0.138 e. The molecule has 0 saturated heterocycles. The topological polar surface area (TPSA) is 36.4 Å². The highest BCUT2D eigenvalue weighted by Gasteiger charge is 2.13. The van der Waals surface area contributed by atoms with Crippen LogP contribution in [0.5, 0.6) is 0 Å². The lowest BCUT2D eigenvalue weighted by Crippen LogP contribution is -2.14. The van der Waals surface area contributed by atoms with Crippen LogP contribution in [0.15, 0.2) is 42.6 Å². The molecule has 0 aliphatic carbocycles. The number of benzene rings is 1. The fourth-order valence-electron chi connectivity index (χ4n) is 2.09. The van der Waals surface area contributed by atoms with Gasteiger partial charge in [-0.15, -0.1) is 0 Å². The summed E-state index contributed by atoms with van der Waals surface area (Å²) in [4.78, 5) is 6.39. The standard InChI is InChI=1S/C16H20N2O/c1-4-13-7-9-14(10-8-13)18(3)16-15(12(2)19)6-5-11-17-16/h5-12,19H,4H2,1-3H3/t12-/m0/s1. The van der Waals surface area contributed by atoms with Gasteiger partial charge in [0.05, 0.1) is 6.10 Å². The number of pyridine rings is 1. The van der Waals surface area contributed by atoms with E-state index in [2.05, 4.69) is 36.2 Å². The molecule has 1 atom stereocenters. The van der Waals surface area contributed by atoms with Gasteiger partial charge in [0.15, 0.2) is 0 Å². The predicted molar refractivity (Wildman–Crippen MR) is 78.8 cm³/mol.